The van der Waals surface area contributed by atoms with Crippen LogP contribution in [0.3, 0.4) is 0 Å². The highest BCUT2D eigenvalue weighted by Crippen LogP contribution is 2.16. The van der Waals surface area contributed by atoms with Crippen molar-refractivity contribution in [2.24, 2.45) is 0 Å². The summed E-state index contributed by atoms with van der Waals surface area (Å²) < 4.78 is 7.92. The number of hydrogen-bond donors (Lipinski definition) is 1. The summed E-state index contributed by atoms with van der Waals surface area (Å²) in [6, 6.07) is 21.4. The number of hydrogen-bond acceptors (Lipinski definition) is 4. The van der Waals surface area contributed by atoms with E-state index in [4.69, 9.17) is 4.74 Å². The first-order valence-electron chi connectivity index (χ1n) is 11.2. The van der Waals surface area contributed by atoms with Crippen molar-refractivity contribution in [3.8, 4) is 11.4 Å². The van der Waals surface area contributed by atoms with E-state index in [1.54, 1.807) is 36.4 Å². The third-order valence-corrected chi connectivity index (χ3v) is 5.68. The minimum Gasteiger partial charge on any atom is -0.494 e. The molecule has 174 valence electrons. The lowest BCUT2D eigenvalue weighted by Crippen LogP contribution is -2.42. The van der Waals surface area contributed by atoms with Gasteiger partial charge in [-0.05, 0) is 62.7 Å². The fourth-order valence-electron chi connectivity index (χ4n) is 3.98. The number of nitrogens with zero attached hydrogens (tertiary/aromatic N) is 2. The maximum absolute atomic E-state index is 13.5. The van der Waals surface area contributed by atoms with Crippen LogP contribution in [0.2, 0.25) is 0 Å². The summed E-state index contributed by atoms with van der Waals surface area (Å²) in [6.45, 7) is 5.94. The Morgan fingerprint density at radius 2 is 1.71 bits per heavy atom. The highest BCUT2D eigenvalue weighted by molar-refractivity contribution is 5.82. The van der Waals surface area contributed by atoms with E-state index in [1.807, 2.05) is 57.2 Å². The smallest absolute Gasteiger partial charge is 0.336 e. The van der Waals surface area contributed by atoms with Crippen LogP contribution in [0.1, 0.15) is 31.0 Å². The second-order valence-electron chi connectivity index (χ2n) is 8.16. The van der Waals surface area contributed by atoms with Gasteiger partial charge in [0.1, 0.15) is 12.3 Å². The molecule has 0 radical (unpaired) electrons. The fourth-order valence-corrected chi connectivity index (χ4v) is 3.98. The molecule has 1 heterocycles. The molecule has 0 bridgehead atoms. The molecule has 0 unspecified atom stereocenters. The topological polar surface area (TPSA) is 82.3 Å². The quantitative estimate of drug-likeness (QED) is 0.458. The molecule has 3 aromatic carbocycles. The van der Waals surface area contributed by atoms with E-state index >= 15 is 0 Å². The van der Waals surface area contributed by atoms with E-state index in [-0.39, 0.29) is 18.5 Å². The van der Waals surface area contributed by atoms with E-state index in [9.17, 15) is 14.4 Å². The number of aryl methyl sites for hydroxylation is 1. The molecule has 7 heteroatoms. The largest absolute Gasteiger partial charge is 0.494 e. The van der Waals surface area contributed by atoms with Crippen molar-refractivity contribution in [1.82, 2.24) is 14.5 Å². The monoisotopic (exact) mass is 457 g/mol. The van der Waals surface area contributed by atoms with Gasteiger partial charge in [-0.25, -0.2) is 9.36 Å². The van der Waals surface area contributed by atoms with Gasteiger partial charge in [-0.2, -0.15) is 0 Å². The molecule has 0 fully saturated rings. The molecule has 1 atom stereocenters. The van der Waals surface area contributed by atoms with Crippen molar-refractivity contribution in [2.75, 3.05) is 6.61 Å². The Kier molecular flexibility index (Phi) is 6.63. The number of fused-ring (bicyclic) bond motifs is 1. The zero-order chi connectivity index (χ0) is 24.2. The molecular formula is C27H27N3O4. The lowest BCUT2D eigenvalue weighted by molar-refractivity contribution is -0.122. The number of rotatable bonds is 7. The van der Waals surface area contributed by atoms with Crippen LogP contribution < -0.4 is 21.3 Å². The van der Waals surface area contributed by atoms with Crippen LogP contribution >= 0.6 is 0 Å². The van der Waals surface area contributed by atoms with Crippen molar-refractivity contribution < 1.29 is 9.53 Å². The Morgan fingerprint density at radius 3 is 2.38 bits per heavy atom. The number of nitrogens with one attached hydrogen (secondary N) is 1. The summed E-state index contributed by atoms with van der Waals surface area (Å²) in [5, 5.41) is 3.31. The van der Waals surface area contributed by atoms with Gasteiger partial charge < -0.3 is 10.1 Å². The van der Waals surface area contributed by atoms with Crippen LogP contribution in [-0.2, 0) is 11.3 Å². The first kappa shape index (κ1) is 23.0. The summed E-state index contributed by atoms with van der Waals surface area (Å²) >= 11 is 0. The molecule has 1 aromatic heterocycles. The second-order valence-corrected chi connectivity index (χ2v) is 8.16. The molecular weight excluding hydrogens is 430 g/mol. The van der Waals surface area contributed by atoms with Gasteiger partial charge in [-0.1, -0.05) is 42.0 Å². The number of ether oxygens (including phenoxy) is 1. The van der Waals surface area contributed by atoms with E-state index in [0.29, 0.717) is 28.9 Å². The molecule has 4 rings (SSSR count). The van der Waals surface area contributed by atoms with Crippen molar-refractivity contribution >= 4 is 16.8 Å². The number of benzene rings is 3. The van der Waals surface area contributed by atoms with Gasteiger partial charge in [0.05, 0.1) is 29.2 Å². The average Bonchev–Trinajstić information content (AvgIpc) is 2.84. The molecule has 0 aliphatic carbocycles. The van der Waals surface area contributed by atoms with Crippen molar-refractivity contribution in [2.45, 2.75) is 33.4 Å². The Labute approximate surface area is 197 Å². The van der Waals surface area contributed by atoms with Gasteiger partial charge in [0.15, 0.2) is 0 Å². The normalized spacial score (nSPS) is 11.9. The highest BCUT2D eigenvalue weighted by Gasteiger charge is 2.18. The second kappa shape index (κ2) is 9.79. The fraction of sp³-hybridized carbons (Fsp3) is 0.222. The zero-order valence-corrected chi connectivity index (χ0v) is 19.4. The van der Waals surface area contributed by atoms with Crippen LogP contribution in [0.4, 0.5) is 0 Å². The standard InChI is InChI=1S/C27H27N3O4/c1-4-34-22-13-11-21(12-14-22)30-26(32)23-16-18(2)10-15-24(23)29(27(30)33)17-25(31)28-19(3)20-8-6-5-7-9-20/h5-16,19H,4,17H2,1-3H3,(H,28,31)/t19-/m0/s1. The number of aromatic nitrogens is 2. The molecule has 4 aromatic rings. The van der Waals surface area contributed by atoms with Gasteiger partial charge in [-0.3, -0.25) is 14.2 Å². The Balaban J connectivity index is 1.77. The van der Waals surface area contributed by atoms with Gasteiger partial charge in [0, 0.05) is 0 Å². The van der Waals surface area contributed by atoms with Crippen LogP contribution in [-0.4, -0.2) is 21.6 Å². The SMILES string of the molecule is CCOc1ccc(-n2c(=O)c3cc(C)ccc3n(CC(=O)N[C@@H](C)c3ccccc3)c2=O)cc1. The molecule has 1 N–H and O–H groups in total. The third kappa shape index (κ3) is 4.64. The highest BCUT2D eigenvalue weighted by atomic mass is 16.5. The summed E-state index contributed by atoms with van der Waals surface area (Å²) in [6.07, 6.45) is 0. The zero-order valence-electron chi connectivity index (χ0n) is 19.4. The summed E-state index contributed by atoms with van der Waals surface area (Å²) in [5.74, 6) is 0.322. The lowest BCUT2D eigenvalue weighted by atomic mass is 10.1. The van der Waals surface area contributed by atoms with Crippen LogP contribution in [0.15, 0.2) is 82.4 Å². The third-order valence-electron chi connectivity index (χ3n) is 5.68. The van der Waals surface area contributed by atoms with E-state index in [0.717, 1.165) is 15.7 Å². The molecule has 1 amide bonds. The minimum atomic E-state index is -0.576. The first-order valence-corrected chi connectivity index (χ1v) is 11.2. The van der Waals surface area contributed by atoms with Crippen molar-refractivity contribution in [3.63, 3.8) is 0 Å². The summed E-state index contributed by atoms with van der Waals surface area (Å²) in [4.78, 5) is 39.8. The number of carbonyl (C=O) groups excluding carboxylic acids is 1. The van der Waals surface area contributed by atoms with Gasteiger partial charge >= 0.3 is 5.69 Å². The predicted octanol–water partition coefficient (Wildman–Crippen LogP) is 3.74. The molecule has 7 nitrogen and oxygen atoms in total. The molecule has 0 saturated carbocycles. The number of carbonyl (C=O) groups is 1. The van der Waals surface area contributed by atoms with Crippen LogP contribution in [0, 0.1) is 6.92 Å². The molecule has 0 aliphatic heterocycles. The molecule has 34 heavy (non-hydrogen) atoms. The van der Waals surface area contributed by atoms with Crippen LogP contribution in [0.5, 0.6) is 5.75 Å². The summed E-state index contributed by atoms with van der Waals surface area (Å²) in [5.41, 5.74) is 1.67. The number of amides is 1. The van der Waals surface area contributed by atoms with E-state index in [2.05, 4.69) is 5.32 Å². The molecule has 0 saturated heterocycles. The molecule has 0 spiro atoms. The van der Waals surface area contributed by atoms with Crippen LogP contribution in [0.25, 0.3) is 16.6 Å². The maximum atomic E-state index is 13.5. The summed E-state index contributed by atoms with van der Waals surface area (Å²) in [7, 11) is 0. The maximum Gasteiger partial charge on any atom is 0.336 e. The van der Waals surface area contributed by atoms with Gasteiger partial charge in [0.25, 0.3) is 5.56 Å². The predicted molar refractivity (Wildman–Crippen MR) is 133 cm³/mol. The first-order chi connectivity index (χ1) is 16.4. The Bertz CT molecular complexity index is 1440. The van der Waals surface area contributed by atoms with Gasteiger partial charge in [0.2, 0.25) is 5.91 Å². The lowest BCUT2D eigenvalue weighted by Gasteiger charge is -2.17. The minimum absolute atomic E-state index is 0.215. The average molecular weight is 458 g/mol. The van der Waals surface area contributed by atoms with E-state index in [1.165, 1.54) is 4.57 Å². The Hall–Kier alpha value is -4.13. The molecule has 0 aliphatic rings. The van der Waals surface area contributed by atoms with Crippen molar-refractivity contribution in [3.05, 3.63) is 105 Å². The van der Waals surface area contributed by atoms with Crippen molar-refractivity contribution in [1.29, 1.82) is 0 Å². The van der Waals surface area contributed by atoms with Gasteiger partial charge in [-0.15, -0.1) is 0 Å². The van der Waals surface area contributed by atoms with E-state index < -0.39 is 11.2 Å². The Morgan fingerprint density at radius 1 is 1.00 bits per heavy atom.